The molecule has 1 unspecified atom stereocenters. The summed E-state index contributed by atoms with van der Waals surface area (Å²) in [5.41, 5.74) is 8.23. The predicted molar refractivity (Wildman–Crippen MR) is 43.5 cm³/mol. The maximum Gasteiger partial charge on any atom is 0.157 e. The van der Waals surface area contributed by atoms with Crippen molar-refractivity contribution in [2.45, 2.75) is 38.2 Å². The summed E-state index contributed by atoms with van der Waals surface area (Å²) >= 11 is 0. The third kappa shape index (κ3) is 2.11. The van der Waals surface area contributed by atoms with Crippen molar-refractivity contribution in [2.24, 2.45) is 5.11 Å². The minimum Gasteiger partial charge on any atom is -0.356 e. The van der Waals surface area contributed by atoms with E-state index < -0.39 is 0 Å². The van der Waals surface area contributed by atoms with Gasteiger partial charge in [-0.2, -0.15) is 0 Å². The van der Waals surface area contributed by atoms with Crippen LogP contribution in [0.1, 0.15) is 19.8 Å². The fourth-order valence-corrected chi connectivity index (χ4v) is 1.33. The lowest BCUT2D eigenvalue weighted by molar-refractivity contribution is -0.179. The van der Waals surface area contributed by atoms with E-state index in [-0.39, 0.29) is 18.4 Å². The van der Waals surface area contributed by atoms with Crippen LogP contribution in [0, 0.1) is 0 Å². The first-order valence-corrected chi connectivity index (χ1v) is 4.00. The second-order valence-electron chi connectivity index (χ2n) is 2.86. The summed E-state index contributed by atoms with van der Waals surface area (Å²) in [5, 5.41) is 3.63. The van der Waals surface area contributed by atoms with Gasteiger partial charge in [0.15, 0.2) is 6.29 Å². The van der Waals surface area contributed by atoms with Gasteiger partial charge in [0, 0.05) is 12.0 Å². The van der Waals surface area contributed by atoms with Gasteiger partial charge < -0.3 is 9.47 Å². The van der Waals surface area contributed by atoms with Gasteiger partial charge in [-0.3, -0.25) is 0 Å². The van der Waals surface area contributed by atoms with Crippen molar-refractivity contribution in [2.75, 3.05) is 7.11 Å². The maximum absolute atomic E-state index is 8.23. The molecule has 1 rings (SSSR count). The summed E-state index contributed by atoms with van der Waals surface area (Å²) in [4.78, 5) is 2.76. The highest BCUT2D eigenvalue weighted by Gasteiger charge is 2.26. The Labute approximate surface area is 71.3 Å². The van der Waals surface area contributed by atoms with E-state index in [0.717, 1.165) is 12.8 Å². The van der Waals surface area contributed by atoms with Gasteiger partial charge >= 0.3 is 0 Å². The molecule has 5 nitrogen and oxygen atoms in total. The molecule has 1 aliphatic heterocycles. The van der Waals surface area contributed by atoms with Gasteiger partial charge in [-0.15, -0.1) is 0 Å². The predicted octanol–water partition coefficient (Wildman–Crippen LogP) is 1.84. The van der Waals surface area contributed by atoms with Crippen molar-refractivity contribution >= 4 is 0 Å². The molecule has 1 aliphatic rings. The number of hydrogen-bond acceptors (Lipinski definition) is 3. The lowest BCUT2D eigenvalue weighted by Crippen LogP contribution is -2.36. The Hall–Kier alpha value is -0.770. The van der Waals surface area contributed by atoms with Crippen LogP contribution < -0.4 is 0 Å². The van der Waals surface area contributed by atoms with Crippen molar-refractivity contribution in [1.82, 2.24) is 0 Å². The molecule has 68 valence electrons. The van der Waals surface area contributed by atoms with E-state index in [2.05, 4.69) is 10.0 Å². The Morgan fingerprint density at radius 1 is 1.58 bits per heavy atom. The lowest BCUT2D eigenvalue weighted by Gasteiger charge is -2.31. The first kappa shape index (κ1) is 9.32. The second-order valence-corrected chi connectivity index (χ2v) is 2.86. The number of rotatable bonds is 2. The topological polar surface area (TPSA) is 67.2 Å². The van der Waals surface area contributed by atoms with Crippen molar-refractivity contribution in [1.29, 1.82) is 0 Å². The molecule has 1 heterocycles. The van der Waals surface area contributed by atoms with Crippen molar-refractivity contribution in [3.05, 3.63) is 10.4 Å². The first-order chi connectivity index (χ1) is 5.77. The smallest absolute Gasteiger partial charge is 0.157 e. The Balaban J connectivity index is 2.47. The van der Waals surface area contributed by atoms with Crippen LogP contribution in [0.15, 0.2) is 5.11 Å². The van der Waals surface area contributed by atoms with E-state index in [4.69, 9.17) is 15.0 Å². The van der Waals surface area contributed by atoms with Crippen molar-refractivity contribution in [3.63, 3.8) is 0 Å². The van der Waals surface area contributed by atoms with E-state index in [1.165, 1.54) is 0 Å². The highest BCUT2D eigenvalue weighted by molar-refractivity contribution is 4.78. The molecule has 0 saturated carbocycles. The first-order valence-electron chi connectivity index (χ1n) is 4.00. The molecule has 5 heteroatoms. The zero-order valence-corrected chi connectivity index (χ0v) is 7.30. The highest BCUT2D eigenvalue weighted by atomic mass is 16.7. The molecule has 0 spiro atoms. The Kier molecular flexibility index (Phi) is 3.34. The summed E-state index contributed by atoms with van der Waals surface area (Å²) in [7, 11) is 1.62. The third-order valence-corrected chi connectivity index (χ3v) is 2.07. The normalized spacial score (nSPS) is 35.7. The molecular weight excluding hydrogens is 158 g/mol. The van der Waals surface area contributed by atoms with E-state index in [0.29, 0.717) is 0 Å². The molecule has 0 aromatic carbocycles. The van der Waals surface area contributed by atoms with E-state index in [1.54, 1.807) is 7.11 Å². The van der Waals surface area contributed by atoms with Crippen LogP contribution in [0.4, 0.5) is 0 Å². The average Bonchev–Trinajstić information content (AvgIpc) is 2.09. The van der Waals surface area contributed by atoms with Crippen molar-refractivity contribution < 1.29 is 9.47 Å². The van der Waals surface area contributed by atoms with E-state index in [9.17, 15) is 0 Å². The number of methoxy groups -OCH3 is 1. The van der Waals surface area contributed by atoms with Gasteiger partial charge in [-0.1, -0.05) is 5.11 Å². The molecule has 1 fully saturated rings. The molecule has 12 heavy (non-hydrogen) atoms. The monoisotopic (exact) mass is 171 g/mol. The molecule has 0 radical (unpaired) electrons. The summed E-state index contributed by atoms with van der Waals surface area (Å²) in [6.45, 7) is 1.89. The van der Waals surface area contributed by atoms with Crippen molar-refractivity contribution in [3.8, 4) is 0 Å². The van der Waals surface area contributed by atoms with Gasteiger partial charge in [-0.05, 0) is 25.3 Å². The largest absolute Gasteiger partial charge is 0.356 e. The molecule has 0 aromatic rings. The van der Waals surface area contributed by atoms with Gasteiger partial charge in [0.1, 0.15) is 0 Å². The fraction of sp³-hybridized carbons (Fsp3) is 1.00. The molecule has 0 N–H and O–H groups in total. The van der Waals surface area contributed by atoms with Crippen LogP contribution in [-0.2, 0) is 9.47 Å². The van der Waals surface area contributed by atoms with Crippen LogP contribution in [0.2, 0.25) is 0 Å². The molecule has 0 amide bonds. The molecule has 1 saturated heterocycles. The molecular formula is C7H13N3O2. The summed E-state index contributed by atoms with van der Waals surface area (Å²) in [6.07, 6.45) is 1.46. The average molecular weight is 171 g/mol. The van der Waals surface area contributed by atoms with Crippen LogP contribution in [0.5, 0.6) is 0 Å². The minimum absolute atomic E-state index is 0.0404. The SMILES string of the molecule is COC1CC[C@H](N=[N+]=[N-])[C@H](C)O1. The molecule has 0 bridgehead atoms. The van der Waals surface area contributed by atoms with Crippen LogP contribution in [0.3, 0.4) is 0 Å². The molecule has 3 atom stereocenters. The minimum atomic E-state index is -0.134. The number of hydrogen-bond donors (Lipinski definition) is 0. The van der Waals surface area contributed by atoms with Gasteiger partial charge in [0.2, 0.25) is 0 Å². The number of nitrogens with zero attached hydrogens (tertiary/aromatic N) is 3. The van der Waals surface area contributed by atoms with Gasteiger partial charge in [0.05, 0.1) is 12.1 Å². The number of azide groups is 1. The zero-order chi connectivity index (χ0) is 8.97. The Bertz CT molecular complexity index is 191. The Morgan fingerprint density at radius 2 is 2.33 bits per heavy atom. The van der Waals surface area contributed by atoms with Crippen LogP contribution in [-0.4, -0.2) is 25.5 Å². The van der Waals surface area contributed by atoms with E-state index in [1.807, 2.05) is 6.92 Å². The lowest BCUT2D eigenvalue weighted by atomic mass is 10.0. The number of ether oxygens (including phenoxy) is 2. The third-order valence-electron chi connectivity index (χ3n) is 2.07. The second kappa shape index (κ2) is 4.30. The molecule has 0 aromatic heterocycles. The van der Waals surface area contributed by atoms with E-state index >= 15 is 0 Å². The van der Waals surface area contributed by atoms with Gasteiger partial charge in [0.25, 0.3) is 0 Å². The standard InChI is InChI=1S/C7H13N3O2/c1-5-6(9-10-8)3-4-7(11-2)12-5/h5-7H,3-4H2,1-2H3/t5-,6-,7?/m0/s1. The highest BCUT2D eigenvalue weighted by Crippen LogP contribution is 2.22. The maximum atomic E-state index is 8.23. The fourth-order valence-electron chi connectivity index (χ4n) is 1.33. The Morgan fingerprint density at radius 3 is 2.83 bits per heavy atom. The summed E-state index contributed by atoms with van der Waals surface area (Å²) in [6, 6.07) is -0.0404. The summed E-state index contributed by atoms with van der Waals surface area (Å²) < 4.78 is 10.4. The van der Waals surface area contributed by atoms with Crippen LogP contribution >= 0.6 is 0 Å². The summed E-state index contributed by atoms with van der Waals surface area (Å²) in [5.74, 6) is 0. The zero-order valence-electron chi connectivity index (χ0n) is 7.30. The quantitative estimate of drug-likeness (QED) is 0.361. The van der Waals surface area contributed by atoms with Gasteiger partial charge in [-0.25, -0.2) is 0 Å². The van der Waals surface area contributed by atoms with Crippen LogP contribution in [0.25, 0.3) is 10.4 Å². The molecule has 0 aliphatic carbocycles.